The molecule has 0 spiro atoms. The Morgan fingerprint density at radius 3 is 1.14 bits per heavy atom. The monoisotopic (exact) mass is 1780 g/mol. The lowest BCUT2D eigenvalue weighted by molar-refractivity contribution is -0.140. The van der Waals surface area contributed by atoms with E-state index in [4.69, 9.17) is 32.2 Å². The zero-order valence-electron chi connectivity index (χ0n) is 72.7. The molecule has 15 rings (SSSR count). The normalized spacial score (nSPS) is 11.8. The summed E-state index contributed by atoms with van der Waals surface area (Å²) < 4.78 is 110. The predicted molar refractivity (Wildman–Crippen MR) is 477 cm³/mol. The lowest BCUT2D eigenvalue weighted by atomic mass is 10.1. The van der Waals surface area contributed by atoms with Crippen LogP contribution in [0.4, 0.5) is 30.7 Å². The molecule has 5 aromatic carbocycles. The van der Waals surface area contributed by atoms with Crippen LogP contribution in [0.15, 0.2) is 200 Å². The van der Waals surface area contributed by atoms with Gasteiger partial charge in [0.05, 0.1) is 56.5 Å². The summed E-state index contributed by atoms with van der Waals surface area (Å²) in [5.74, 6) is -3.74. The van der Waals surface area contributed by atoms with Crippen molar-refractivity contribution < 1.29 is 64.0 Å². The maximum absolute atomic E-state index is 13.9. The van der Waals surface area contributed by atoms with E-state index in [-0.39, 0.29) is 56.6 Å². The SMILES string of the molecule is Cc1cc(-c2ncn(/C=C(/C(=O)OC(C)C)c3c(C)noc3C)n2)cc(C(F)(F)F)c1.Cc1cc(C)cc(-c2ncn(/C=C(/C(N)=O)c3cccc(F)n3)n2)c1.Cc1cc(C)cc(-c2ncn(/C=C(/C(N)=O)c3cccnc3F)n2)c1.Cc1cc(C)cc(-c2ncn(/C=C(\C(N)=O)c3ccc(F)nc3)n2)c1.Cc1cc(C)cc(-c2ncn(/C=C(\C(N)=O)c3ccnc(F)c3)n2)c1. The van der Waals surface area contributed by atoms with E-state index in [2.05, 4.69) is 99.8 Å². The van der Waals surface area contributed by atoms with Gasteiger partial charge in [-0.15, -0.1) is 25.5 Å². The van der Waals surface area contributed by atoms with E-state index in [1.54, 1.807) is 40.7 Å². The number of carbonyl (C=O) groups excluding carboxylic acids is 5. The second-order valence-corrected chi connectivity index (χ2v) is 30.1. The molecule has 31 nitrogen and oxygen atoms in total. The molecule has 10 aromatic heterocycles. The van der Waals surface area contributed by atoms with E-state index in [1.807, 2.05) is 104 Å². The van der Waals surface area contributed by atoms with Crippen LogP contribution in [-0.4, -0.2) is 135 Å². The van der Waals surface area contributed by atoms with Crippen LogP contribution in [0.1, 0.15) is 109 Å². The third kappa shape index (κ3) is 25.9. The first-order valence-electron chi connectivity index (χ1n) is 39.7. The second-order valence-electron chi connectivity index (χ2n) is 30.1. The number of hydrogen-bond acceptors (Lipinski definition) is 22. The Kier molecular flexibility index (Phi) is 30.4. The second kappa shape index (κ2) is 42.0. The van der Waals surface area contributed by atoms with E-state index in [0.717, 1.165) is 91.0 Å². The number of esters is 1. The molecule has 0 bridgehead atoms. The molecule has 131 heavy (non-hydrogen) atoms. The highest BCUT2D eigenvalue weighted by Gasteiger charge is 2.32. The zero-order valence-corrected chi connectivity index (χ0v) is 72.7. The van der Waals surface area contributed by atoms with Crippen molar-refractivity contribution in [1.29, 1.82) is 0 Å². The van der Waals surface area contributed by atoms with Crippen molar-refractivity contribution in [3.63, 3.8) is 0 Å². The summed E-state index contributed by atoms with van der Waals surface area (Å²) in [4.78, 5) is 94.9. The molecule has 0 saturated carbocycles. The Balaban J connectivity index is 0.000000158. The van der Waals surface area contributed by atoms with Gasteiger partial charge in [-0.1, -0.05) is 80.0 Å². The smallest absolute Gasteiger partial charge is 0.416 e. The standard InChI is InChI=1S/C21H21F3N4O3.4C18H16FN5O/c1-11(2)30-20(29)17(18-13(4)27-31-14(18)5)9-28-10-25-19(26-28)15-6-12(3)7-16(8-15)21(22,23)24;1-11-5-12(2)7-14(6-11)18-22-10-24(23-18)9-15(17(20)25)13-3-4-21-16(19)8-13;1-11-5-12(2)7-14(6-11)18-22-10-24(23-18)9-15(17(20)25)13-3-4-16(19)21-8-13;1-11-6-12(2)8-13(7-11)18-21-10-24(23-18)9-14(17(20)25)15-4-3-5-16(19)22-15;1-11-6-12(2)8-13(7-11)18-22-10-24(23-18)9-15(17(20)25)14-4-3-5-21-16(14)19/h6-11H,1-5H3;4*3-10H,1-2H3,(H2,20,25)/b17-9+;2*15-9-;14-9+;15-9+. The van der Waals surface area contributed by atoms with Gasteiger partial charge in [0.15, 0.2) is 29.1 Å². The molecule has 0 fully saturated rings. The van der Waals surface area contributed by atoms with Crippen molar-refractivity contribution in [2.24, 2.45) is 22.9 Å². The summed E-state index contributed by atoms with van der Waals surface area (Å²) in [5, 5.41) is 25.4. The zero-order chi connectivity index (χ0) is 94.8. The summed E-state index contributed by atoms with van der Waals surface area (Å²) in [6, 6.07) is 39.9. The van der Waals surface area contributed by atoms with Gasteiger partial charge in [-0.25, -0.2) is 73.1 Å². The van der Waals surface area contributed by atoms with Crippen molar-refractivity contribution in [3.8, 4) is 56.9 Å². The van der Waals surface area contributed by atoms with Crippen molar-refractivity contribution in [3.05, 3.63) is 315 Å². The lowest BCUT2D eigenvalue weighted by Crippen LogP contribution is -2.15. The Bertz CT molecular complexity index is 6670. The summed E-state index contributed by atoms with van der Waals surface area (Å²) in [6.45, 7) is 24.3. The molecular formula is C93H85F7N24O7. The number of benzene rings is 5. The van der Waals surface area contributed by atoms with Crippen LogP contribution >= 0.6 is 0 Å². The lowest BCUT2D eigenvalue weighted by Gasteiger charge is -2.11. The van der Waals surface area contributed by atoms with Crippen molar-refractivity contribution in [2.75, 3.05) is 0 Å². The van der Waals surface area contributed by atoms with Crippen LogP contribution in [0.5, 0.6) is 0 Å². The van der Waals surface area contributed by atoms with Gasteiger partial charge in [0, 0.05) is 94.6 Å². The molecule has 4 amide bonds. The third-order valence-electron chi connectivity index (χ3n) is 18.5. The molecule has 0 atom stereocenters. The quantitative estimate of drug-likeness (QED) is 0.0225. The van der Waals surface area contributed by atoms with E-state index < -0.39 is 65.1 Å². The van der Waals surface area contributed by atoms with Crippen molar-refractivity contribution in [2.45, 2.75) is 102 Å². The molecule has 8 N–H and O–H groups in total. The van der Waals surface area contributed by atoms with Gasteiger partial charge in [-0.3, -0.25) is 19.2 Å². The molecule has 15 aromatic rings. The summed E-state index contributed by atoms with van der Waals surface area (Å²) in [7, 11) is 0. The van der Waals surface area contributed by atoms with E-state index in [9.17, 15) is 54.7 Å². The first-order chi connectivity index (χ1) is 62.1. The average molecular weight is 1780 g/mol. The van der Waals surface area contributed by atoms with Crippen LogP contribution in [0, 0.1) is 100.0 Å². The highest BCUT2D eigenvalue weighted by molar-refractivity contribution is 6.24. The van der Waals surface area contributed by atoms with Gasteiger partial charge in [0.25, 0.3) is 23.6 Å². The predicted octanol–water partition coefficient (Wildman–Crippen LogP) is 15.1. The van der Waals surface area contributed by atoms with Crippen molar-refractivity contribution >= 4 is 88.5 Å². The summed E-state index contributed by atoms with van der Waals surface area (Å²) in [5.41, 5.74) is 36.0. The highest BCUT2D eigenvalue weighted by Crippen LogP contribution is 2.34. The minimum absolute atomic E-state index is 0.0125. The number of ether oxygens (including phenoxy) is 1. The summed E-state index contributed by atoms with van der Waals surface area (Å²) in [6.07, 6.45) is 13.0. The van der Waals surface area contributed by atoms with Gasteiger partial charge < -0.3 is 32.2 Å². The number of carbonyl (C=O) groups is 5. The van der Waals surface area contributed by atoms with Crippen molar-refractivity contribution in [1.82, 2.24) is 98.9 Å². The minimum Gasteiger partial charge on any atom is -0.459 e. The fraction of sp³-hybridized carbons (Fsp3) is 0.161. The number of pyridine rings is 4. The van der Waals surface area contributed by atoms with Crippen LogP contribution in [0.3, 0.4) is 0 Å². The highest BCUT2D eigenvalue weighted by atomic mass is 19.4. The molecular weight excluding hydrogens is 1700 g/mol. The Hall–Kier alpha value is -16.8. The largest absolute Gasteiger partial charge is 0.459 e. The third-order valence-corrected chi connectivity index (χ3v) is 18.5. The van der Waals surface area contributed by atoms with E-state index in [0.29, 0.717) is 57.0 Å². The first-order valence-corrected chi connectivity index (χ1v) is 39.7. The number of aryl methyl sites for hydroxylation is 11. The van der Waals surface area contributed by atoms with Crippen LogP contribution in [0.2, 0.25) is 0 Å². The van der Waals surface area contributed by atoms with Gasteiger partial charge >= 0.3 is 12.1 Å². The number of nitrogens with two attached hydrogens (primary N) is 4. The van der Waals surface area contributed by atoms with Gasteiger partial charge in [-0.05, 0) is 210 Å². The number of amides is 4. The number of nitrogens with zero attached hydrogens (tertiary/aromatic N) is 20. The number of aromatic nitrogens is 20. The molecule has 0 saturated heterocycles. The number of hydrogen-bond donors (Lipinski definition) is 4. The van der Waals surface area contributed by atoms with Gasteiger partial charge in [0.1, 0.15) is 37.4 Å². The maximum Gasteiger partial charge on any atom is 0.416 e. The van der Waals surface area contributed by atoms with Crippen LogP contribution in [0.25, 0.3) is 116 Å². The van der Waals surface area contributed by atoms with E-state index >= 15 is 0 Å². The molecule has 0 aliphatic heterocycles. The molecule has 0 unspecified atom stereocenters. The number of primary amides is 4. The molecule has 0 radical (unpaired) electrons. The topological polar surface area (TPSA) is 430 Å². The van der Waals surface area contributed by atoms with Gasteiger partial charge in [0.2, 0.25) is 23.8 Å². The number of rotatable bonds is 21. The fourth-order valence-electron chi connectivity index (χ4n) is 13.2. The molecule has 38 heteroatoms. The Morgan fingerprint density at radius 1 is 0.389 bits per heavy atom. The Labute approximate surface area is 744 Å². The number of halogens is 7. The van der Waals surface area contributed by atoms with E-state index in [1.165, 1.54) is 147 Å². The van der Waals surface area contributed by atoms with Crippen LogP contribution < -0.4 is 22.9 Å². The average Bonchev–Trinajstić information content (AvgIpc) is 1.68. The molecule has 0 aliphatic carbocycles. The van der Waals surface area contributed by atoms with Crippen LogP contribution in [-0.2, 0) is 34.9 Å². The molecule has 10 heterocycles. The Morgan fingerprint density at radius 2 is 0.779 bits per heavy atom. The van der Waals surface area contributed by atoms with Gasteiger partial charge in [-0.2, -0.15) is 30.7 Å². The number of alkyl halides is 3. The fourth-order valence-corrected chi connectivity index (χ4v) is 13.2. The summed E-state index contributed by atoms with van der Waals surface area (Å²) >= 11 is 0. The maximum atomic E-state index is 13.9. The molecule has 0 aliphatic rings. The minimum atomic E-state index is -4.49. The molecule has 668 valence electrons. The first kappa shape index (κ1) is 94.8.